The van der Waals surface area contributed by atoms with E-state index in [9.17, 15) is 14.7 Å². The zero-order chi connectivity index (χ0) is 19.1. The Morgan fingerprint density at radius 2 is 1.85 bits per heavy atom. The van der Waals surface area contributed by atoms with E-state index in [1.54, 1.807) is 18.2 Å². The van der Waals surface area contributed by atoms with Gasteiger partial charge in [0.1, 0.15) is 5.75 Å². The van der Waals surface area contributed by atoms with Crippen molar-refractivity contribution in [2.45, 2.75) is 57.4 Å². The first kappa shape index (κ1) is 18.9. The van der Waals surface area contributed by atoms with Gasteiger partial charge in [-0.3, -0.25) is 9.59 Å². The van der Waals surface area contributed by atoms with Crippen LogP contribution >= 0.6 is 0 Å². The number of benzene rings is 1. The molecule has 7 nitrogen and oxygen atoms in total. The first-order chi connectivity index (χ1) is 13.2. The third-order valence-electron chi connectivity index (χ3n) is 4.91. The number of hydrogen-bond donors (Lipinski definition) is 3. The van der Waals surface area contributed by atoms with Crippen LogP contribution in [0.15, 0.2) is 28.8 Å². The molecule has 3 N–H and O–H groups in total. The molecule has 0 bridgehead atoms. The van der Waals surface area contributed by atoms with E-state index >= 15 is 0 Å². The molecule has 0 unspecified atom stereocenters. The van der Waals surface area contributed by atoms with Crippen molar-refractivity contribution in [3.63, 3.8) is 0 Å². The van der Waals surface area contributed by atoms with E-state index < -0.39 is 0 Å². The fraction of sp³-hybridized carbons (Fsp3) is 0.450. The first-order valence-electron chi connectivity index (χ1n) is 9.48. The fourth-order valence-corrected chi connectivity index (χ4v) is 3.45. The van der Waals surface area contributed by atoms with Crippen LogP contribution < -0.4 is 10.6 Å². The van der Waals surface area contributed by atoms with E-state index in [2.05, 4.69) is 15.6 Å². The second kappa shape index (κ2) is 9.21. The first-order valence-corrected chi connectivity index (χ1v) is 9.48. The molecule has 2 aromatic rings. The summed E-state index contributed by atoms with van der Waals surface area (Å²) in [4.78, 5) is 27.2. The maximum Gasteiger partial charge on any atom is 0.307 e. The molecule has 0 radical (unpaired) electrons. The number of anilines is 1. The molecule has 1 aromatic carbocycles. The molecule has 0 aliphatic heterocycles. The summed E-state index contributed by atoms with van der Waals surface area (Å²) in [5.74, 6) is -0.240. The van der Waals surface area contributed by atoms with Gasteiger partial charge in [0.25, 0.3) is 5.89 Å². The highest BCUT2D eigenvalue weighted by molar-refractivity contribution is 5.90. The molecule has 0 saturated heterocycles. The second-order valence-electron chi connectivity index (χ2n) is 6.86. The standard InChI is InChI=1S/C20H25N3O4/c24-13-22-16-11-7-10-15(18(16)25)17-12-21-20(27-17)19(26)23-14-8-5-3-1-2-4-6-9-14/h7,10-14,25H,1-6,8-9H2,(H,22,24)(H,23,26). The maximum absolute atomic E-state index is 12.5. The van der Waals surface area contributed by atoms with Gasteiger partial charge in [-0.25, -0.2) is 4.98 Å². The number of aromatic nitrogens is 1. The Bertz CT molecular complexity index is 777. The lowest BCUT2D eigenvalue weighted by Crippen LogP contribution is -2.35. The van der Waals surface area contributed by atoms with Gasteiger partial charge in [-0.2, -0.15) is 0 Å². The molecule has 1 heterocycles. The topological polar surface area (TPSA) is 104 Å². The predicted octanol–water partition coefficient (Wildman–Crippen LogP) is 3.85. The number of phenols is 1. The summed E-state index contributed by atoms with van der Waals surface area (Å²) >= 11 is 0. The number of nitrogens with one attached hydrogen (secondary N) is 2. The van der Waals surface area contributed by atoms with E-state index in [4.69, 9.17) is 4.42 Å². The van der Waals surface area contributed by atoms with Crippen molar-refractivity contribution in [1.82, 2.24) is 10.3 Å². The van der Waals surface area contributed by atoms with E-state index in [0.717, 1.165) is 25.7 Å². The minimum atomic E-state index is -0.341. The molecule has 144 valence electrons. The SMILES string of the molecule is O=CNc1cccc(-c2cnc(C(=O)NC3CCCCCCCC3)o2)c1O. The number of hydrogen-bond acceptors (Lipinski definition) is 5. The van der Waals surface area contributed by atoms with E-state index in [1.165, 1.54) is 31.9 Å². The van der Waals surface area contributed by atoms with Crippen molar-refractivity contribution in [2.24, 2.45) is 0 Å². The number of aromatic hydroxyl groups is 1. The monoisotopic (exact) mass is 371 g/mol. The zero-order valence-corrected chi connectivity index (χ0v) is 15.2. The largest absolute Gasteiger partial charge is 0.505 e. The van der Waals surface area contributed by atoms with E-state index in [0.29, 0.717) is 12.0 Å². The Balaban J connectivity index is 1.70. The van der Waals surface area contributed by atoms with Crippen LogP contribution in [-0.4, -0.2) is 28.4 Å². The van der Waals surface area contributed by atoms with Gasteiger partial charge < -0.3 is 20.2 Å². The summed E-state index contributed by atoms with van der Waals surface area (Å²) in [7, 11) is 0. The molecule has 7 heteroatoms. The summed E-state index contributed by atoms with van der Waals surface area (Å²) in [6.07, 6.45) is 11.0. The number of phenolic OH excluding ortho intramolecular Hbond substituents is 1. The normalized spacial score (nSPS) is 16.0. The molecule has 1 aromatic heterocycles. The van der Waals surface area contributed by atoms with Gasteiger partial charge in [0, 0.05) is 6.04 Å². The van der Waals surface area contributed by atoms with E-state index in [1.807, 2.05) is 0 Å². The van der Waals surface area contributed by atoms with Gasteiger partial charge in [0.05, 0.1) is 17.4 Å². The number of amides is 2. The molecule has 0 atom stereocenters. The summed E-state index contributed by atoms with van der Waals surface area (Å²) in [5, 5.41) is 15.7. The van der Waals surface area contributed by atoms with Crippen molar-refractivity contribution in [3.05, 3.63) is 30.3 Å². The lowest BCUT2D eigenvalue weighted by atomic mass is 10.1. The average Bonchev–Trinajstić information content (AvgIpc) is 3.18. The minimum absolute atomic E-state index is 0.0296. The smallest absolute Gasteiger partial charge is 0.307 e. The molecule has 1 fully saturated rings. The summed E-state index contributed by atoms with van der Waals surface area (Å²) in [5.41, 5.74) is 0.617. The van der Waals surface area contributed by atoms with Crippen LogP contribution in [0.25, 0.3) is 11.3 Å². The van der Waals surface area contributed by atoms with Crippen LogP contribution in [0, 0.1) is 0 Å². The molecule has 1 aliphatic carbocycles. The van der Waals surface area contributed by atoms with Crippen molar-refractivity contribution in [2.75, 3.05) is 5.32 Å². The summed E-state index contributed by atoms with van der Waals surface area (Å²) < 4.78 is 5.57. The highest BCUT2D eigenvalue weighted by atomic mass is 16.4. The van der Waals surface area contributed by atoms with E-state index in [-0.39, 0.29) is 35.0 Å². The zero-order valence-electron chi connectivity index (χ0n) is 15.2. The van der Waals surface area contributed by atoms with Crippen LogP contribution in [0.1, 0.15) is 62.1 Å². The van der Waals surface area contributed by atoms with Crippen molar-refractivity contribution < 1.29 is 19.1 Å². The van der Waals surface area contributed by atoms with Gasteiger partial charge in [0.2, 0.25) is 6.41 Å². The summed E-state index contributed by atoms with van der Waals surface area (Å²) in [6, 6.07) is 5.00. The highest BCUT2D eigenvalue weighted by Gasteiger charge is 2.20. The van der Waals surface area contributed by atoms with Gasteiger partial charge in [-0.1, -0.05) is 44.6 Å². The number of carbonyl (C=O) groups excluding carboxylic acids is 2. The second-order valence-corrected chi connectivity index (χ2v) is 6.86. The lowest BCUT2D eigenvalue weighted by Gasteiger charge is -2.16. The quantitative estimate of drug-likeness (QED) is 0.547. The van der Waals surface area contributed by atoms with Crippen LogP contribution in [0.3, 0.4) is 0 Å². The third kappa shape index (κ3) is 4.87. The predicted molar refractivity (Wildman–Crippen MR) is 101 cm³/mol. The Morgan fingerprint density at radius 1 is 1.15 bits per heavy atom. The molecular formula is C20H25N3O4. The Morgan fingerprint density at radius 3 is 2.56 bits per heavy atom. The number of oxazole rings is 1. The molecule has 1 aliphatic rings. The van der Waals surface area contributed by atoms with Crippen LogP contribution in [0.5, 0.6) is 5.75 Å². The van der Waals surface area contributed by atoms with Gasteiger partial charge in [-0.15, -0.1) is 0 Å². The van der Waals surface area contributed by atoms with Gasteiger partial charge in [-0.05, 0) is 25.0 Å². The minimum Gasteiger partial charge on any atom is -0.505 e. The molecule has 2 amide bonds. The number of para-hydroxylation sites is 1. The van der Waals surface area contributed by atoms with Crippen LogP contribution in [0.4, 0.5) is 5.69 Å². The molecule has 27 heavy (non-hydrogen) atoms. The van der Waals surface area contributed by atoms with Crippen LogP contribution in [-0.2, 0) is 4.79 Å². The molecule has 0 spiro atoms. The molecule has 1 saturated carbocycles. The maximum atomic E-state index is 12.5. The number of nitrogens with zero attached hydrogens (tertiary/aromatic N) is 1. The Hall–Kier alpha value is -2.83. The highest BCUT2D eigenvalue weighted by Crippen LogP contribution is 2.35. The van der Waals surface area contributed by atoms with Crippen molar-refractivity contribution in [1.29, 1.82) is 0 Å². The summed E-state index contributed by atoms with van der Waals surface area (Å²) in [6.45, 7) is 0. The Labute approximate surface area is 158 Å². The van der Waals surface area contributed by atoms with Crippen LogP contribution in [0.2, 0.25) is 0 Å². The molecule has 3 rings (SSSR count). The fourth-order valence-electron chi connectivity index (χ4n) is 3.45. The van der Waals surface area contributed by atoms with Gasteiger partial charge in [0.15, 0.2) is 5.76 Å². The van der Waals surface area contributed by atoms with Gasteiger partial charge >= 0.3 is 5.91 Å². The Kier molecular flexibility index (Phi) is 6.46. The third-order valence-corrected chi connectivity index (χ3v) is 4.91. The van der Waals surface area contributed by atoms with Crippen molar-refractivity contribution >= 4 is 18.0 Å². The number of carbonyl (C=O) groups is 2. The lowest BCUT2D eigenvalue weighted by molar-refractivity contribution is -0.105. The molecular weight excluding hydrogens is 346 g/mol. The van der Waals surface area contributed by atoms with Crippen molar-refractivity contribution in [3.8, 4) is 17.1 Å². The average molecular weight is 371 g/mol. The number of rotatable bonds is 5.